The second-order valence-electron chi connectivity index (χ2n) is 4.30. The van der Waals surface area contributed by atoms with Crippen LogP contribution in [-0.2, 0) is 14.4 Å². The molecule has 0 radical (unpaired) electrons. The van der Waals surface area contributed by atoms with E-state index < -0.39 is 5.97 Å². The van der Waals surface area contributed by atoms with Gasteiger partial charge < -0.3 is 19.7 Å². The van der Waals surface area contributed by atoms with Gasteiger partial charge >= 0.3 is 5.97 Å². The van der Waals surface area contributed by atoms with Crippen LogP contribution < -0.4 is 5.32 Å². The number of carbonyl (C=O) groups excluding carboxylic acids is 2. The van der Waals surface area contributed by atoms with E-state index in [1.807, 2.05) is 0 Å². The third kappa shape index (κ3) is 6.95. The highest BCUT2D eigenvalue weighted by Gasteiger charge is 2.12. The van der Waals surface area contributed by atoms with Crippen molar-refractivity contribution in [2.45, 2.75) is 13.3 Å². The Morgan fingerprint density at radius 1 is 1.38 bits per heavy atom. The standard InChI is InChI=1S/C14H18N2O5/c1-11(17)15-7-9-16(8-6-14(19)20)13(18)5-4-12-3-2-10-21-12/h2-5,10H,6-9H2,1H3,(H,15,17)(H,19,20)/b5-4+. The zero-order valence-electron chi connectivity index (χ0n) is 11.7. The van der Waals surface area contributed by atoms with Crippen LogP contribution in [-0.4, -0.2) is 47.4 Å². The lowest BCUT2D eigenvalue weighted by molar-refractivity contribution is -0.138. The van der Waals surface area contributed by atoms with E-state index in [-0.39, 0.29) is 37.9 Å². The fraction of sp³-hybridized carbons (Fsp3) is 0.357. The highest BCUT2D eigenvalue weighted by Crippen LogP contribution is 2.03. The number of nitrogens with zero attached hydrogens (tertiary/aromatic N) is 1. The largest absolute Gasteiger partial charge is 0.481 e. The maximum Gasteiger partial charge on any atom is 0.305 e. The summed E-state index contributed by atoms with van der Waals surface area (Å²) < 4.78 is 5.07. The zero-order chi connectivity index (χ0) is 15.7. The van der Waals surface area contributed by atoms with Crippen LogP contribution in [0.3, 0.4) is 0 Å². The molecule has 1 rings (SSSR count). The maximum atomic E-state index is 12.0. The number of hydrogen-bond acceptors (Lipinski definition) is 4. The summed E-state index contributed by atoms with van der Waals surface area (Å²) in [6.07, 6.45) is 4.16. The first-order valence-corrected chi connectivity index (χ1v) is 6.46. The lowest BCUT2D eigenvalue weighted by atomic mass is 10.3. The van der Waals surface area contributed by atoms with Crippen LogP contribution in [0.2, 0.25) is 0 Å². The van der Waals surface area contributed by atoms with Crippen molar-refractivity contribution >= 4 is 23.9 Å². The van der Waals surface area contributed by atoms with Crippen LogP contribution in [0.25, 0.3) is 6.08 Å². The molecule has 21 heavy (non-hydrogen) atoms. The number of amides is 2. The molecule has 0 fully saturated rings. The van der Waals surface area contributed by atoms with E-state index in [2.05, 4.69) is 5.32 Å². The van der Waals surface area contributed by atoms with Gasteiger partial charge in [0.1, 0.15) is 5.76 Å². The minimum atomic E-state index is -0.984. The molecule has 0 unspecified atom stereocenters. The Morgan fingerprint density at radius 3 is 2.71 bits per heavy atom. The molecule has 0 saturated heterocycles. The number of nitrogens with one attached hydrogen (secondary N) is 1. The summed E-state index contributed by atoms with van der Waals surface area (Å²) >= 11 is 0. The van der Waals surface area contributed by atoms with Crippen molar-refractivity contribution in [1.29, 1.82) is 0 Å². The van der Waals surface area contributed by atoms with Gasteiger partial charge in [-0.3, -0.25) is 14.4 Å². The average Bonchev–Trinajstić information content (AvgIpc) is 2.92. The normalized spacial score (nSPS) is 10.5. The molecule has 1 aromatic heterocycles. The summed E-state index contributed by atoms with van der Waals surface area (Å²) in [5, 5.41) is 11.3. The Morgan fingerprint density at radius 2 is 2.14 bits per heavy atom. The van der Waals surface area contributed by atoms with E-state index in [1.165, 1.54) is 30.2 Å². The second kappa shape index (κ2) is 8.57. The van der Waals surface area contributed by atoms with Crippen molar-refractivity contribution in [1.82, 2.24) is 10.2 Å². The molecule has 0 spiro atoms. The molecular formula is C14H18N2O5. The van der Waals surface area contributed by atoms with Crippen molar-refractivity contribution in [3.8, 4) is 0 Å². The second-order valence-corrected chi connectivity index (χ2v) is 4.30. The maximum absolute atomic E-state index is 12.0. The molecule has 1 aromatic rings. The van der Waals surface area contributed by atoms with Crippen LogP contribution in [0.4, 0.5) is 0 Å². The van der Waals surface area contributed by atoms with E-state index in [0.717, 1.165) is 0 Å². The quantitative estimate of drug-likeness (QED) is 0.689. The first-order valence-electron chi connectivity index (χ1n) is 6.46. The molecule has 0 aliphatic heterocycles. The molecule has 0 aliphatic carbocycles. The van der Waals surface area contributed by atoms with E-state index in [1.54, 1.807) is 12.1 Å². The molecular weight excluding hydrogens is 276 g/mol. The molecule has 0 aromatic carbocycles. The Kier molecular flexibility index (Phi) is 6.73. The number of rotatable bonds is 8. The third-order valence-electron chi connectivity index (χ3n) is 2.60. The minimum Gasteiger partial charge on any atom is -0.481 e. The first kappa shape index (κ1) is 16.5. The van der Waals surface area contributed by atoms with Crippen molar-refractivity contribution in [2.24, 2.45) is 0 Å². The molecule has 0 atom stereocenters. The van der Waals surface area contributed by atoms with Gasteiger partial charge in [-0.25, -0.2) is 0 Å². The molecule has 7 heteroatoms. The van der Waals surface area contributed by atoms with Crippen LogP contribution in [0.5, 0.6) is 0 Å². The zero-order valence-corrected chi connectivity index (χ0v) is 11.7. The number of carboxylic acid groups (broad SMARTS) is 1. The molecule has 0 bridgehead atoms. The van der Waals surface area contributed by atoms with E-state index >= 15 is 0 Å². The fourth-order valence-corrected chi connectivity index (χ4v) is 1.57. The Bertz CT molecular complexity index is 507. The summed E-state index contributed by atoms with van der Waals surface area (Å²) in [5.41, 5.74) is 0. The van der Waals surface area contributed by atoms with E-state index in [9.17, 15) is 14.4 Å². The van der Waals surface area contributed by atoms with Gasteiger partial charge in [-0.1, -0.05) is 0 Å². The topological polar surface area (TPSA) is 99.9 Å². The van der Waals surface area contributed by atoms with Gasteiger partial charge in [-0.15, -0.1) is 0 Å². The fourth-order valence-electron chi connectivity index (χ4n) is 1.57. The predicted molar refractivity (Wildman–Crippen MR) is 75.3 cm³/mol. The molecule has 114 valence electrons. The smallest absolute Gasteiger partial charge is 0.305 e. The van der Waals surface area contributed by atoms with Crippen molar-refractivity contribution < 1.29 is 23.9 Å². The summed E-state index contributed by atoms with van der Waals surface area (Å²) in [6.45, 7) is 1.97. The Balaban J connectivity index is 2.57. The molecule has 0 aliphatic rings. The minimum absolute atomic E-state index is 0.0796. The SMILES string of the molecule is CC(=O)NCCN(CCC(=O)O)C(=O)/C=C/c1ccco1. The van der Waals surface area contributed by atoms with Gasteiger partial charge in [0, 0.05) is 32.6 Å². The Hall–Kier alpha value is -2.57. The van der Waals surface area contributed by atoms with Gasteiger partial charge in [-0.2, -0.15) is 0 Å². The van der Waals surface area contributed by atoms with Gasteiger partial charge in [0.15, 0.2) is 0 Å². The molecule has 7 nitrogen and oxygen atoms in total. The van der Waals surface area contributed by atoms with Crippen LogP contribution in [0, 0.1) is 0 Å². The molecule has 1 heterocycles. The van der Waals surface area contributed by atoms with Crippen molar-refractivity contribution in [2.75, 3.05) is 19.6 Å². The number of furan rings is 1. The Labute approximate surface area is 122 Å². The molecule has 0 saturated carbocycles. The number of carboxylic acids is 1. The first-order chi connectivity index (χ1) is 9.99. The molecule has 2 amide bonds. The summed E-state index contributed by atoms with van der Waals surface area (Å²) in [4.78, 5) is 34.8. The number of hydrogen-bond donors (Lipinski definition) is 2. The van der Waals surface area contributed by atoms with Crippen LogP contribution in [0.15, 0.2) is 28.9 Å². The number of carbonyl (C=O) groups is 3. The van der Waals surface area contributed by atoms with Gasteiger partial charge in [0.2, 0.25) is 11.8 Å². The lowest BCUT2D eigenvalue weighted by Gasteiger charge is -2.20. The van der Waals surface area contributed by atoms with E-state index in [0.29, 0.717) is 5.76 Å². The third-order valence-corrected chi connectivity index (χ3v) is 2.60. The summed E-state index contributed by atoms with van der Waals surface area (Å²) in [7, 11) is 0. The predicted octanol–water partition coefficient (Wildman–Crippen LogP) is 0.732. The van der Waals surface area contributed by atoms with Gasteiger partial charge in [-0.05, 0) is 18.2 Å². The highest BCUT2D eigenvalue weighted by atomic mass is 16.4. The average molecular weight is 294 g/mol. The summed E-state index contributed by atoms with van der Waals surface area (Å²) in [6, 6.07) is 3.39. The van der Waals surface area contributed by atoms with Crippen molar-refractivity contribution in [3.05, 3.63) is 30.2 Å². The summed E-state index contributed by atoms with van der Waals surface area (Å²) in [5.74, 6) is -0.990. The lowest BCUT2D eigenvalue weighted by Crippen LogP contribution is -2.38. The van der Waals surface area contributed by atoms with Crippen LogP contribution >= 0.6 is 0 Å². The van der Waals surface area contributed by atoms with Gasteiger partial charge in [0.05, 0.1) is 12.7 Å². The van der Waals surface area contributed by atoms with Crippen LogP contribution in [0.1, 0.15) is 19.1 Å². The van der Waals surface area contributed by atoms with E-state index in [4.69, 9.17) is 9.52 Å². The monoisotopic (exact) mass is 294 g/mol. The van der Waals surface area contributed by atoms with Crippen molar-refractivity contribution in [3.63, 3.8) is 0 Å². The van der Waals surface area contributed by atoms with Gasteiger partial charge in [0.25, 0.3) is 0 Å². The highest BCUT2D eigenvalue weighted by molar-refractivity contribution is 5.91. The number of aliphatic carboxylic acids is 1. The molecule has 2 N–H and O–H groups in total.